The summed E-state index contributed by atoms with van der Waals surface area (Å²) in [6.45, 7) is 1.56. The molecule has 0 aliphatic carbocycles. The Hall–Kier alpha value is -3.75. The average molecular weight is 369 g/mol. The van der Waals surface area contributed by atoms with Gasteiger partial charge < -0.3 is 15.4 Å². The molecule has 0 radical (unpaired) electrons. The number of hydrogen-bond donors (Lipinski definition) is 3. The number of nitrogens with one attached hydrogen (secondary N) is 3. The van der Waals surface area contributed by atoms with Crippen LogP contribution >= 0.6 is 0 Å². The lowest BCUT2D eigenvalue weighted by atomic mass is 10.2. The molecule has 3 amide bonds. The van der Waals surface area contributed by atoms with Crippen LogP contribution in [-0.2, 0) is 14.4 Å². The van der Waals surface area contributed by atoms with Gasteiger partial charge in [-0.3, -0.25) is 14.4 Å². The highest BCUT2D eigenvalue weighted by Gasteiger charge is 2.14. The molecule has 9 nitrogen and oxygen atoms in total. The Bertz CT molecular complexity index is 835. The van der Waals surface area contributed by atoms with E-state index in [1.807, 2.05) is 0 Å². The van der Waals surface area contributed by atoms with Gasteiger partial charge in [0, 0.05) is 17.6 Å². The number of hydrogen-bond acceptors (Lipinski definition) is 6. The van der Waals surface area contributed by atoms with Crippen molar-refractivity contribution in [3.63, 3.8) is 0 Å². The van der Waals surface area contributed by atoms with Gasteiger partial charge in [0.25, 0.3) is 0 Å². The molecular weight excluding hydrogens is 350 g/mol. The van der Waals surface area contributed by atoms with Crippen LogP contribution in [0.2, 0.25) is 0 Å². The van der Waals surface area contributed by atoms with E-state index in [-0.39, 0.29) is 18.1 Å². The highest BCUT2D eigenvalue weighted by atomic mass is 16.5. The van der Waals surface area contributed by atoms with Crippen LogP contribution in [0.1, 0.15) is 13.3 Å². The van der Waals surface area contributed by atoms with Crippen molar-refractivity contribution in [3.8, 4) is 5.75 Å². The molecule has 3 N–H and O–H groups in total. The van der Waals surface area contributed by atoms with E-state index in [4.69, 9.17) is 4.74 Å². The number of ether oxygens (including phenoxy) is 1. The minimum Gasteiger partial charge on any atom is -0.497 e. The molecule has 1 aromatic heterocycles. The Morgan fingerprint density at radius 2 is 1.78 bits per heavy atom. The van der Waals surface area contributed by atoms with Crippen molar-refractivity contribution in [3.05, 3.63) is 48.7 Å². The predicted octanol–water partition coefficient (Wildman–Crippen LogP) is 1.55. The minimum atomic E-state index is -0.962. The molecule has 0 aliphatic heterocycles. The molecule has 140 valence electrons. The predicted molar refractivity (Wildman–Crippen MR) is 100 cm³/mol. The maximum absolute atomic E-state index is 12.0. The van der Waals surface area contributed by atoms with E-state index in [1.54, 1.807) is 56.5 Å². The van der Waals surface area contributed by atoms with E-state index in [9.17, 15) is 14.4 Å². The summed E-state index contributed by atoms with van der Waals surface area (Å²) in [6, 6.07) is 11.7. The fraction of sp³-hybridized carbons (Fsp3) is 0.167. The summed E-state index contributed by atoms with van der Waals surface area (Å²) in [6.07, 6.45) is 1.44. The lowest BCUT2D eigenvalue weighted by molar-refractivity contribution is -0.136. The van der Waals surface area contributed by atoms with Crippen molar-refractivity contribution >= 4 is 34.9 Å². The van der Waals surface area contributed by atoms with Crippen LogP contribution in [0.4, 0.5) is 11.5 Å². The zero-order valence-electron chi connectivity index (χ0n) is 14.9. The van der Waals surface area contributed by atoms with Crippen LogP contribution < -0.4 is 20.8 Å². The van der Waals surface area contributed by atoms with Crippen molar-refractivity contribution in [1.82, 2.24) is 10.4 Å². The lowest BCUT2D eigenvalue weighted by Gasteiger charge is -2.06. The van der Waals surface area contributed by atoms with Gasteiger partial charge in [0.05, 0.1) is 13.5 Å². The summed E-state index contributed by atoms with van der Waals surface area (Å²) < 4.78 is 5.04. The van der Waals surface area contributed by atoms with Gasteiger partial charge in [-0.05, 0) is 43.3 Å². The number of amides is 3. The molecule has 0 unspecified atom stereocenters. The lowest BCUT2D eigenvalue weighted by Crippen LogP contribution is -2.33. The second-order valence-electron chi connectivity index (χ2n) is 5.41. The van der Waals surface area contributed by atoms with Crippen molar-refractivity contribution in [2.24, 2.45) is 5.10 Å². The summed E-state index contributed by atoms with van der Waals surface area (Å²) >= 11 is 0. The summed E-state index contributed by atoms with van der Waals surface area (Å²) in [5.74, 6) is -1.26. The van der Waals surface area contributed by atoms with Gasteiger partial charge in [0.15, 0.2) is 0 Å². The zero-order chi connectivity index (χ0) is 19.6. The molecule has 0 spiro atoms. The highest BCUT2D eigenvalue weighted by Crippen LogP contribution is 2.15. The number of hydrazone groups is 1. The zero-order valence-corrected chi connectivity index (χ0v) is 14.9. The first-order valence-electron chi connectivity index (χ1n) is 7.97. The van der Waals surface area contributed by atoms with Crippen LogP contribution in [0.3, 0.4) is 0 Å². The smallest absolute Gasteiger partial charge is 0.329 e. The summed E-state index contributed by atoms with van der Waals surface area (Å²) in [4.78, 5) is 39.3. The quantitative estimate of drug-likeness (QED) is 0.405. The van der Waals surface area contributed by atoms with Crippen molar-refractivity contribution in [2.75, 3.05) is 17.7 Å². The van der Waals surface area contributed by atoms with E-state index in [1.165, 1.54) is 6.20 Å². The maximum Gasteiger partial charge on any atom is 0.329 e. The molecule has 27 heavy (non-hydrogen) atoms. The van der Waals surface area contributed by atoms with Crippen molar-refractivity contribution < 1.29 is 19.1 Å². The minimum absolute atomic E-state index is 0.0475. The second kappa shape index (κ2) is 9.66. The average Bonchev–Trinajstić information content (AvgIpc) is 2.67. The molecule has 2 rings (SSSR count). The third-order valence-corrected chi connectivity index (χ3v) is 3.25. The molecule has 9 heteroatoms. The molecule has 1 heterocycles. The van der Waals surface area contributed by atoms with Gasteiger partial charge in [-0.2, -0.15) is 5.10 Å². The van der Waals surface area contributed by atoms with Crippen molar-refractivity contribution in [2.45, 2.75) is 13.3 Å². The SMILES string of the molecule is COc1ccc(NC(=O)C/C(C)=N\NC(=O)C(=O)Nc2ccccn2)cc1. The normalized spacial score (nSPS) is 10.7. The first kappa shape index (κ1) is 19.6. The monoisotopic (exact) mass is 369 g/mol. The third kappa shape index (κ3) is 6.58. The van der Waals surface area contributed by atoms with Gasteiger partial charge in [0.1, 0.15) is 11.6 Å². The molecule has 2 aromatic rings. The van der Waals surface area contributed by atoms with Gasteiger partial charge in [0.2, 0.25) is 5.91 Å². The van der Waals surface area contributed by atoms with E-state index in [0.717, 1.165) is 0 Å². The van der Waals surface area contributed by atoms with E-state index in [2.05, 4.69) is 26.1 Å². The number of aromatic nitrogens is 1. The van der Waals surface area contributed by atoms with Crippen LogP contribution in [-0.4, -0.2) is 35.5 Å². The maximum atomic E-state index is 12.0. The molecule has 0 aliphatic rings. The second-order valence-corrected chi connectivity index (χ2v) is 5.41. The third-order valence-electron chi connectivity index (χ3n) is 3.25. The number of rotatable bonds is 6. The Balaban J connectivity index is 1.80. The molecule has 0 saturated heterocycles. The Labute approximate surface area is 155 Å². The fourth-order valence-corrected chi connectivity index (χ4v) is 1.96. The Morgan fingerprint density at radius 3 is 2.41 bits per heavy atom. The molecule has 1 aromatic carbocycles. The van der Waals surface area contributed by atoms with Gasteiger partial charge in [-0.1, -0.05) is 6.07 Å². The van der Waals surface area contributed by atoms with Crippen LogP contribution in [0.5, 0.6) is 5.75 Å². The first-order valence-corrected chi connectivity index (χ1v) is 7.97. The Morgan fingerprint density at radius 1 is 1.04 bits per heavy atom. The largest absolute Gasteiger partial charge is 0.497 e. The van der Waals surface area contributed by atoms with E-state index < -0.39 is 11.8 Å². The highest BCUT2D eigenvalue weighted by molar-refractivity contribution is 6.39. The number of nitrogens with zero attached hydrogens (tertiary/aromatic N) is 2. The van der Waals surface area contributed by atoms with Crippen molar-refractivity contribution in [1.29, 1.82) is 0 Å². The number of benzene rings is 1. The summed E-state index contributed by atoms with van der Waals surface area (Å²) in [5.41, 5.74) is 3.04. The summed E-state index contributed by atoms with van der Waals surface area (Å²) in [5, 5.41) is 8.77. The van der Waals surface area contributed by atoms with Gasteiger partial charge >= 0.3 is 11.8 Å². The first-order chi connectivity index (χ1) is 13.0. The number of methoxy groups -OCH3 is 1. The number of carbonyl (C=O) groups is 3. The molecule has 0 bridgehead atoms. The molecule has 0 saturated carbocycles. The fourth-order valence-electron chi connectivity index (χ4n) is 1.96. The molecule has 0 atom stereocenters. The standard InChI is InChI=1S/C18H19N5O4/c1-12(11-16(24)20-13-6-8-14(27-2)9-7-13)22-23-18(26)17(25)21-15-5-3-4-10-19-15/h3-10H,11H2,1-2H3,(H,20,24)(H,23,26)(H,19,21,25)/b22-12-. The summed E-state index contributed by atoms with van der Waals surface area (Å²) in [7, 11) is 1.55. The van der Waals surface area contributed by atoms with Crippen LogP contribution in [0.15, 0.2) is 53.8 Å². The molecular formula is C18H19N5O4. The van der Waals surface area contributed by atoms with Crippen LogP contribution in [0.25, 0.3) is 0 Å². The number of anilines is 2. The van der Waals surface area contributed by atoms with Crippen LogP contribution in [0, 0.1) is 0 Å². The number of carbonyl (C=O) groups excluding carboxylic acids is 3. The molecule has 0 fully saturated rings. The topological polar surface area (TPSA) is 122 Å². The van der Waals surface area contributed by atoms with E-state index >= 15 is 0 Å². The van der Waals surface area contributed by atoms with E-state index in [0.29, 0.717) is 17.1 Å². The van der Waals surface area contributed by atoms with Gasteiger partial charge in [-0.25, -0.2) is 10.4 Å². The van der Waals surface area contributed by atoms with Gasteiger partial charge in [-0.15, -0.1) is 0 Å². The number of pyridine rings is 1. The Kier molecular flexibility index (Phi) is 7.00.